The van der Waals surface area contributed by atoms with Gasteiger partial charge in [0.2, 0.25) is 0 Å². The van der Waals surface area contributed by atoms with Gasteiger partial charge >= 0.3 is 0 Å². The Morgan fingerprint density at radius 3 is 2.47 bits per heavy atom. The molecule has 0 radical (unpaired) electrons. The molecule has 1 N–H and O–H groups in total. The molecule has 1 fully saturated rings. The maximum atomic E-state index is 5.48. The van der Waals surface area contributed by atoms with Crippen LogP contribution in [0.5, 0.6) is 0 Å². The van der Waals surface area contributed by atoms with E-state index in [1.807, 2.05) is 7.11 Å². The summed E-state index contributed by atoms with van der Waals surface area (Å²) in [6, 6.07) is 0. The van der Waals surface area contributed by atoms with Crippen LogP contribution in [0.25, 0.3) is 0 Å². The van der Waals surface area contributed by atoms with Crippen LogP contribution in [0, 0.1) is 11.3 Å². The highest BCUT2D eigenvalue weighted by Gasteiger charge is 2.38. The minimum absolute atomic E-state index is 0.398. The molecule has 0 aromatic carbocycles. The smallest absolute Gasteiger partial charge is 0.0533 e. The molecule has 1 rings (SSSR count). The van der Waals surface area contributed by atoms with Crippen molar-refractivity contribution in [2.75, 3.05) is 27.3 Å². The summed E-state index contributed by atoms with van der Waals surface area (Å²) in [4.78, 5) is 0. The van der Waals surface area contributed by atoms with E-state index in [0.29, 0.717) is 5.41 Å². The lowest BCUT2D eigenvalue weighted by molar-refractivity contribution is 0.0258. The average molecular weight is 213 g/mol. The lowest BCUT2D eigenvalue weighted by Gasteiger charge is -2.38. The van der Waals surface area contributed by atoms with Crippen LogP contribution in [0.3, 0.4) is 0 Å². The maximum Gasteiger partial charge on any atom is 0.0533 e. The van der Waals surface area contributed by atoms with Gasteiger partial charge in [-0.15, -0.1) is 0 Å². The first-order valence-corrected chi connectivity index (χ1v) is 6.42. The molecule has 1 aliphatic rings. The Bertz CT molecular complexity index is 147. The van der Waals surface area contributed by atoms with Gasteiger partial charge in [-0.2, -0.15) is 0 Å². The van der Waals surface area contributed by atoms with Gasteiger partial charge in [-0.05, 0) is 32.2 Å². The van der Waals surface area contributed by atoms with Crippen LogP contribution < -0.4 is 5.32 Å². The summed E-state index contributed by atoms with van der Waals surface area (Å²) in [6.45, 7) is 4.32. The van der Waals surface area contributed by atoms with E-state index in [2.05, 4.69) is 19.3 Å². The summed E-state index contributed by atoms with van der Waals surface area (Å²) >= 11 is 0. The molecule has 1 aliphatic carbocycles. The Kier molecular flexibility index (Phi) is 5.62. The second kappa shape index (κ2) is 6.49. The molecule has 0 bridgehead atoms. The van der Waals surface area contributed by atoms with Crippen molar-refractivity contribution in [3.05, 3.63) is 0 Å². The molecule has 0 heterocycles. The van der Waals surface area contributed by atoms with Crippen molar-refractivity contribution in [1.82, 2.24) is 5.32 Å². The molecular formula is C13H27NO. The Hall–Kier alpha value is -0.0800. The van der Waals surface area contributed by atoms with Crippen molar-refractivity contribution in [1.29, 1.82) is 0 Å². The standard InChI is InChI=1S/C13H27NO/c1-4-9-13(10-14-2,11-15-3)12-7-5-6-8-12/h12,14H,4-11H2,1-3H3. The molecule has 15 heavy (non-hydrogen) atoms. The molecular weight excluding hydrogens is 186 g/mol. The fourth-order valence-corrected chi connectivity index (χ4v) is 3.35. The first kappa shape index (κ1) is 13.0. The Morgan fingerprint density at radius 2 is 2.00 bits per heavy atom. The fraction of sp³-hybridized carbons (Fsp3) is 1.00. The lowest BCUT2D eigenvalue weighted by Crippen LogP contribution is -2.42. The van der Waals surface area contributed by atoms with E-state index in [4.69, 9.17) is 4.74 Å². The highest BCUT2D eigenvalue weighted by atomic mass is 16.5. The van der Waals surface area contributed by atoms with E-state index in [1.165, 1.54) is 38.5 Å². The maximum absolute atomic E-state index is 5.48. The first-order chi connectivity index (χ1) is 7.29. The minimum atomic E-state index is 0.398. The number of methoxy groups -OCH3 is 1. The molecule has 0 aliphatic heterocycles. The van der Waals surface area contributed by atoms with Gasteiger partial charge in [0.05, 0.1) is 6.61 Å². The van der Waals surface area contributed by atoms with E-state index in [9.17, 15) is 0 Å². The van der Waals surface area contributed by atoms with Crippen molar-refractivity contribution in [2.24, 2.45) is 11.3 Å². The van der Waals surface area contributed by atoms with Crippen LogP contribution in [-0.2, 0) is 4.74 Å². The van der Waals surface area contributed by atoms with E-state index in [0.717, 1.165) is 19.1 Å². The molecule has 2 heteroatoms. The second-order valence-electron chi connectivity index (χ2n) is 5.06. The predicted molar refractivity (Wildman–Crippen MR) is 65.1 cm³/mol. The Morgan fingerprint density at radius 1 is 1.33 bits per heavy atom. The van der Waals surface area contributed by atoms with Crippen molar-refractivity contribution in [2.45, 2.75) is 45.4 Å². The first-order valence-electron chi connectivity index (χ1n) is 6.42. The fourth-order valence-electron chi connectivity index (χ4n) is 3.35. The third-order valence-electron chi connectivity index (χ3n) is 3.93. The molecule has 1 atom stereocenters. The van der Waals surface area contributed by atoms with Crippen molar-refractivity contribution in [3.8, 4) is 0 Å². The third-order valence-corrected chi connectivity index (χ3v) is 3.93. The summed E-state index contributed by atoms with van der Waals surface area (Å²) in [5, 5.41) is 3.38. The van der Waals surface area contributed by atoms with E-state index in [1.54, 1.807) is 0 Å². The zero-order valence-corrected chi connectivity index (χ0v) is 10.6. The molecule has 0 amide bonds. The van der Waals surface area contributed by atoms with Crippen molar-refractivity contribution in [3.63, 3.8) is 0 Å². The molecule has 1 saturated carbocycles. The molecule has 0 aromatic heterocycles. The van der Waals surface area contributed by atoms with Gasteiger partial charge in [-0.25, -0.2) is 0 Å². The third kappa shape index (κ3) is 3.18. The van der Waals surface area contributed by atoms with Gasteiger partial charge in [-0.3, -0.25) is 0 Å². The van der Waals surface area contributed by atoms with E-state index in [-0.39, 0.29) is 0 Å². The summed E-state index contributed by atoms with van der Waals surface area (Å²) in [5.74, 6) is 0.879. The van der Waals surface area contributed by atoms with E-state index < -0.39 is 0 Å². The Labute approximate surface area is 94.8 Å². The van der Waals surface area contributed by atoms with Gasteiger partial charge in [0.25, 0.3) is 0 Å². The summed E-state index contributed by atoms with van der Waals surface area (Å²) in [7, 11) is 3.91. The molecule has 2 nitrogen and oxygen atoms in total. The average Bonchev–Trinajstić information content (AvgIpc) is 2.72. The molecule has 0 spiro atoms. The monoisotopic (exact) mass is 213 g/mol. The topological polar surface area (TPSA) is 21.3 Å². The molecule has 0 aromatic rings. The predicted octanol–water partition coefficient (Wildman–Crippen LogP) is 2.83. The Balaban J connectivity index is 2.68. The van der Waals surface area contributed by atoms with Gasteiger partial charge < -0.3 is 10.1 Å². The van der Waals surface area contributed by atoms with Crippen LogP contribution in [-0.4, -0.2) is 27.3 Å². The SMILES string of the molecule is CCCC(CNC)(COC)C1CCCC1. The molecule has 1 unspecified atom stereocenters. The van der Waals surface area contributed by atoms with Gasteiger partial charge in [0, 0.05) is 19.1 Å². The number of nitrogens with one attached hydrogen (secondary N) is 1. The highest BCUT2D eigenvalue weighted by Crippen LogP contribution is 2.43. The highest BCUT2D eigenvalue weighted by molar-refractivity contribution is 4.90. The molecule has 90 valence electrons. The number of hydrogen-bond donors (Lipinski definition) is 1. The van der Waals surface area contributed by atoms with Crippen LogP contribution >= 0.6 is 0 Å². The lowest BCUT2D eigenvalue weighted by atomic mass is 9.71. The zero-order valence-electron chi connectivity index (χ0n) is 10.6. The van der Waals surface area contributed by atoms with Crippen LogP contribution in [0.15, 0.2) is 0 Å². The summed E-state index contributed by atoms with van der Waals surface area (Å²) < 4.78 is 5.48. The van der Waals surface area contributed by atoms with Gasteiger partial charge in [0.15, 0.2) is 0 Å². The van der Waals surface area contributed by atoms with Crippen molar-refractivity contribution < 1.29 is 4.74 Å². The summed E-state index contributed by atoms with van der Waals surface area (Å²) in [5.41, 5.74) is 0.398. The van der Waals surface area contributed by atoms with E-state index >= 15 is 0 Å². The molecule has 0 saturated heterocycles. The number of ether oxygens (including phenoxy) is 1. The number of hydrogen-bond acceptors (Lipinski definition) is 2. The largest absolute Gasteiger partial charge is 0.384 e. The quantitative estimate of drug-likeness (QED) is 0.702. The van der Waals surface area contributed by atoms with Crippen LogP contribution in [0.2, 0.25) is 0 Å². The van der Waals surface area contributed by atoms with Crippen molar-refractivity contribution >= 4 is 0 Å². The van der Waals surface area contributed by atoms with Crippen LogP contribution in [0.1, 0.15) is 45.4 Å². The van der Waals surface area contributed by atoms with Gasteiger partial charge in [0.1, 0.15) is 0 Å². The zero-order chi connectivity index (χ0) is 11.1. The number of rotatable bonds is 7. The summed E-state index contributed by atoms with van der Waals surface area (Å²) in [6.07, 6.45) is 8.22. The second-order valence-corrected chi connectivity index (χ2v) is 5.06. The minimum Gasteiger partial charge on any atom is -0.384 e. The normalized spacial score (nSPS) is 21.8. The van der Waals surface area contributed by atoms with Gasteiger partial charge in [-0.1, -0.05) is 26.2 Å². The van der Waals surface area contributed by atoms with Crippen LogP contribution in [0.4, 0.5) is 0 Å².